The topological polar surface area (TPSA) is 63.1 Å². The molecule has 7 heteroatoms. The molecule has 1 aromatic carbocycles. The molecule has 1 atom stereocenters. The van der Waals surface area contributed by atoms with Crippen molar-refractivity contribution < 1.29 is 4.79 Å². The van der Waals surface area contributed by atoms with E-state index in [0.717, 1.165) is 42.3 Å². The number of amides is 1. The Morgan fingerprint density at radius 3 is 2.96 bits per heavy atom. The van der Waals surface area contributed by atoms with E-state index in [-0.39, 0.29) is 11.9 Å². The average Bonchev–Trinajstić information content (AvgIpc) is 3.42. The number of benzene rings is 1. The second-order valence-corrected chi connectivity index (χ2v) is 7.26. The second-order valence-electron chi connectivity index (χ2n) is 6.40. The summed E-state index contributed by atoms with van der Waals surface area (Å²) in [5.41, 5.74) is 2.39. The van der Waals surface area contributed by atoms with Gasteiger partial charge in [-0.15, -0.1) is 11.3 Å². The lowest BCUT2D eigenvalue weighted by Crippen LogP contribution is -2.37. The third-order valence-electron chi connectivity index (χ3n) is 4.64. The van der Waals surface area contributed by atoms with E-state index in [2.05, 4.69) is 27.2 Å². The van der Waals surface area contributed by atoms with Gasteiger partial charge in [0.2, 0.25) is 0 Å². The molecule has 0 saturated carbocycles. The first kappa shape index (κ1) is 16.9. The monoisotopic (exact) mass is 367 g/mol. The van der Waals surface area contributed by atoms with Gasteiger partial charge < -0.3 is 10.2 Å². The number of likely N-dealkylation sites (tertiary alicyclic amines) is 1. The fourth-order valence-corrected chi connectivity index (χ4v) is 3.94. The molecular formula is C19H21N5OS. The summed E-state index contributed by atoms with van der Waals surface area (Å²) in [5, 5.41) is 10.1. The van der Waals surface area contributed by atoms with E-state index in [4.69, 9.17) is 0 Å². The quantitative estimate of drug-likeness (QED) is 0.753. The first-order chi connectivity index (χ1) is 12.7. The van der Waals surface area contributed by atoms with Crippen molar-refractivity contribution in [1.82, 2.24) is 25.0 Å². The van der Waals surface area contributed by atoms with Crippen LogP contribution in [0, 0.1) is 0 Å². The summed E-state index contributed by atoms with van der Waals surface area (Å²) in [6, 6.07) is 10.1. The molecule has 0 aliphatic carbocycles. The molecular weight excluding hydrogens is 346 g/mol. The van der Waals surface area contributed by atoms with Crippen LogP contribution in [-0.2, 0) is 0 Å². The van der Waals surface area contributed by atoms with E-state index in [0.29, 0.717) is 5.69 Å². The number of hydrogen-bond donors (Lipinski definition) is 1. The summed E-state index contributed by atoms with van der Waals surface area (Å²) in [6.45, 7) is 5.14. The van der Waals surface area contributed by atoms with Crippen molar-refractivity contribution in [2.75, 3.05) is 19.6 Å². The molecule has 2 aromatic heterocycles. The number of carbonyl (C=O) groups excluding carboxylic acids is 1. The van der Waals surface area contributed by atoms with Crippen LogP contribution in [0.4, 0.5) is 0 Å². The predicted molar refractivity (Wildman–Crippen MR) is 103 cm³/mol. The van der Waals surface area contributed by atoms with Gasteiger partial charge in [0.1, 0.15) is 10.7 Å². The van der Waals surface area contributed by atoms with E-state index >= 15 is 0 Å². The highest BCUT2D eigenvalue weighted by Gasteiger charge is 2.24. The lowest BCUT2D eigenvalue weighted by molar-refractivity contribution is 0.0933. The summed E-state index contributed by atoms with van der Waals surface area (Å²) >= 11 is 1.47. The number of nitrogens with one attached hydrogen (secondary N) is 1. The number of para-hydroxylation sites is 1. The summed E-state index contributed by atoms with van der Waals surface area (Å²) < 4.78 is 1.81. The van der Waals surface area contributed by atoms with Gasteiger partial charge in [0.25, 0.3) is 5.91 Å². The molecule has 0 spiro atoms. The highest BCUT2D eigenvalue weighted by Crippen LogP contribution is 2.24. The number of rotatable bonds is 5. The number of likely N-dealkylation sites (N-methyl/N-ethyl adjacent to an activating group) is 1. The molecule has 0 radical (unpaired) electrons. The lowest BCUT2D eigenvalue weighted by Gasteiger charge is -2.13. The van der Waals surface area contributed by atoms with E-state index < -0.39 is 0 Å². The average molecular weight is 367 g/mol. The number of aromatic nitrogens is 3. The highest BCUT2D eigenvalue weighted by atomic mass is 32.1. The van der Waals surface area contributed by atoms with Crippen LogP contribution in [-0.4, -0.2) is 51.2 Å². The Hall–Kier alpha value is -2.51. The summed E-state index contributed by atoms with van der Waals surface area (Å²) in [6.07, 6.45) is 4.72. The molecule has 0 unspecified atom stereocenters. The minimum absolute atomic E-state index is 0.0918. The molecule has 1 N–H and O–H groups in total. The number of hydrogen-bond acceptors (Lipinski definition) is 5. The van der Waals surface area contributed by atoms with Crippen LogP contribution in [0.15, 0.2) is 48.1 Å². The first-order valence-electron chi connectivity index (χ1n) is 8.82. The third kappa shape index (κ3) is 3.54. The van der Waals surface area contributed by atoms with Gasteiger partial charge in [-0.1, -0.05) is 25.1 Å². The van der Waals surface area contributed by atoms with Crippen LogP contribution in [0.5, 0.6) is 0 Å². The molecule has 3 aromatic rings. The maximum atomic E-state index is 12.5. The largest absolute Gasteiger partial charge is 0.347 e. The summed E-state index contributed by atoms with van der Waals surface area (Å²) in [4.78, 5) is 19.3. The van der Waals surface area contributed by atoms with E-state index in [1.807, 2.05) is 46.6 Å². The molecule has 3 heterocycles. The van der Waals surface area contributed by atoms with Crippen molar-refractivity contribution in [2.24, 2.45) is 0 Å². The molecule has 134 valence electrons. The number of nitrogens with zero attached hydrogens (tertiary/aromatic N) is 4. The van der Waals surface area contributed by atoms with Gasteiger partial charge in [0.05, 0.1) is 11.9 Å². The van der Waals surface area contributed by atoms with Crippen molar-refractivity contribution in [3.05, 3.63) is 53.8 Å². The second kappa shape index (κ2) is 7.39. The lowest BCUT2D eigenvalue weighted by atomic mass is 10.2. The Balaban J connectivity index is 1.45. The Morgan fingerprint density at radius 2 is 2.19 bits per heavy atom. The van der Waals surface area contributed by atoms with Crippen LogP contribution in [0.1, 0.15) is 23.8 Å². The van der Waals surface area contributed by atoms with Crippen LogP contribution >= 0.6 is 11.3 Å². The van der Waals surface area contributed by atoms with Gasteiger partial charge in [-0.3, -0.25) is 4.79 Å². The van der Waals surface area contributed by atoms with Crippen LogP contribution < -0.4 is 5.32 Å². The van der Waals surface area contributed by atoms with E-state index in [1.54, 1.807) is 6.20 Å². The number of thiazole rings is 1. The Kier molecular flexibility index (Phi) is 4.81. The molecule has 0 bridgehead atoms. The SMILES string of the molecule is CCN1CC[C@@H](NC(=O)c2csc(-c3cnn(-c4ccccc4)c3)n2)C1. The molecule has 1 saturated heterocycles. The fourth-order valence-electron chi connectivity index (χ4n) is 3.16. The van der Waals surface area contributed by atoms with Gasteiger partial charge in [-0.25, -0.2) is 9.67 Å². The van der Waals surface area contributed by atoms with Crippen LogP contribution in [0.3, 0.4) is 0 Å². The van der Waals surface area contributed by atoms with Crippen molar-refractivity contribution in [3.63, 3.8) is 0 Å². The molecule has 26 heavy (non-hydrogen) atoms. The molecule has 1 aliphatic rings. The molecule has 1 aliphatic heterocycles. The Morgan fingerprint density at radius 1 is 1.35 bits per heavy atom. The van der Waals surface area contributed by atoms with E-state index in [9.17, 15) is 4.79 Å². The van der Waals surface area contributed by atoms with Gasteiger partial charge in [0, 0.05) is 36.3 Å². The summed E-state index contributed by atoms with van der Waals surface area (Å²) in [5.74, 6) is -0.0918. The van der Waals surface area contributed by atoms with E-state index in [1.165, 1.54) is 11.3 Å². The van der Waals surface area contributed by atoms with Crippen molar-refractivity contribution in [3.8, 4) is 16.3 Å². The van der Waals surface area contributed by atoms with Gasteiger partial charge in [-0.2, -0.15) is 5.10 Å². The van der Waals surface area contributed by atoms with Crippen molar-refractivity contribution >= 4 is 17.2 Å². The van der Waals surface area contributed by atoms with Crippen molar-refractivity contribution in [1.29, 1.82) is 0 Å². The number of carbonyl (C=O) groups is 1. The zero-order valence-corrected chi connectivity index (χ0v) is 15.4. The highest BCUT2D eigenvalue weighted by molar-refractivity contribution is 7.13. The van der Waals surface area contributed by atoms with Gasteiger partial charge >= 0.3 is 0 Å². The molecule has 1 amide bonds. The van der Waals surface area contributed by atoms with Crippen molar-refractivity contribution in [2.45, 2.75) is 19.4 Å². The van der Waals surface area contributed by atoms with Gasteiger partial charge in [-0.05, 0) is 25.1 Å². The maximum Gasteiger partial charge on any atom is 0.271 e. The van der Waals surface area contributed by atoms with Crippen LogP contribution in [0.2, 0.25) is 0 Å². The fraction of sp³-hybridized carbons (Fsp3) is 0.316. The predicted octanol–water partition coefficient (Wildman–Crippen LogP) is 2.82. The molecule has 1 fully saturated rings. The minimum atomic E-state index is -0.0918. The minimum Gasteiger partial charge on any atom is -0.347 e. The Bertz CT molecular complexity index is 888. The summed E-state index contributed by atoms with van der Waals surface area (Å²) in [7, 11) is 0. The first-order valence-corrected chi connectivity index (χ1v) is 9.70. The normalized spacial score (nSPS) is 17.5. The molecule has 4 rings (SSSR count). The zero-order chi connectivity index (χ0) is 17.9. The Labute approximate surface area is 156 Å². The maximum absolute atomic E-state index is 12.5. The standard InChI is InChI=1S/C19H21N5OS/c1-2-23-9-8-15(12-23)21-18(25)17-13-26-19(22-17)14-10-20-24(11-14)16-6-4-3-5-7-16/h3-7,10-11,13,15H,2,8-9,12H2,1H3,(H,21,25)/t15-/m1/s1. The van der Waals surface area contributed by atoms with Crippen LogP contribution in [0.25, 0.3) is 16.3 Å². The zero-order valence-electron chi connectivity index (χ0n) is 14.6. The van der Waals surface area contributed by atoms with Gasteiger partial charge in [0.15, 0.2) is 0 Å². The smallest absolute Gasteiger partial charge is 0.271 e. The molecule has 6 nitrogen and oxygen atoms in total. The third-order valence-corrected chi connectivity index (χ3v) is 5.53.